The average molecular weight is 477 g/mol. The Morgan fingerprint density at radius 3 is 2.37 bits per heavy atom. The monoisotopic (exact) mass is 476 g/mol. The summed E-state index contributed by atoms with van der Waals surface area (Å²) in [7, 11) is 1.50. The third-order valence-electron chi connectivity index (χ3n) is 5.00. The van der Waals surface area contributed by atoms with E-state index in [1.54, 1.807) is 49.5 Å². The van der Waals surface area contributed by atoms with Crippen molar-refractivity contribution in [1.82, 2.24) is 10.3 Å². The van der Waals surface area contributed by atoms with Crippen LogP contribution in [0.3, 0.4) is 0 Å². The molecule has 3 aromatic rings. The molecule has 0 aliphatic rings. The van der Waals surface area contributed by atoms with E-state index in [1.807, 2.05) is 26.0 Å². The van der Waals surface area contributed by atoms with Gasteiger partial charge in [-0.2, -0.15) is 0 Å². The van der Waals surface area contributed by atoms with E-state index in [9.17, 15) is 14.4 Å². The van der Waals surface area contributed by atoms with E-state index < -0.39 is 17.4 Å². The molecule has 0 aliphatic carbocycles. The van der Waals surface area contributed by atoms with Crippen LogP contribution in [-0.2, 0) is 20.8 Å². The smallest absolute Gasteiger partial charge is 0.313 e. The number of nitrogens with zero attached hydrogens (tertiary/aromatic N) is 1. The Balaban J connectivity index is 1.59. The van der Waals surface area contributed by atoms with Crippen LogP contribution in [-0.4, -0.2) is 35.4 Å². The molecule has 0 saturated carbocycles. The predicted molar refractivity (Wildman–Crippen MR) is 133 cm³/mol. The summed E-state index contributed by atoms with van der Waals surface area (Å²) in [6.45, 7) is 5.43. The van der Waals surface area contributed by atoms with Gasteiger partial charge in [-0.15, -0.1) is 0 Å². The summed E-state index contributed by atoms with van der Waals surface area (Å²) in [6.07, 6.45) is 6.45. The normalized spacial score (nSPS) is 11.2. The number of anilines is 2. The predicted octanol–water partition coefficient (Wildman–Crippen LogP) is 3.94. The second-order valence-corrected chi connectivity index (χ2v) is 8.44. The van der Waals surface area contributed by atoms with Crippen molar-refractivity contribution in [3.8, 4) is 17.1 Å². The zero-order valence-electron chi connectivity index (χ0n) is 20.0. The molecule has 9 heteroatoms. The van der Waals surface area contributed by atoms with Gasteiger partial charge in [-0.3, -0.25) is 14.4 Å². The van der Waals surface area contributed by atoms with Gasteiger partial charge < -0.3 is 25.1 Å². The summed E-state index contributed by atoms with van der Waals surface area (Å²) < 4.78 is 10.7. The fourth-order valence-corrected chi connectivity index (χ4v) is 3.47. The molecule has 3 N–H and O–H groups in total. The molecule has 3 rings (SSSR count). The van der Waals surface area contributed by atoms with Gasteiger partial charge in [-0.1, -0.05) is 18.2 Å². The number of carbonyl (C=O) groups is 3. The lowest BCUT2D eigenvalue weighted by molar-refractivity contribution is -0.137. The third-order valence-corrected chi connectivity index (χ3v) is 5.00. The lowest BCUT2D eigenvalue weighted by atomic mass is 9.94. The largest absolute Gasteiger partial charge is 0.496 e. The number of hydrogen-bond donors (Lipinski definition) is 3. The molecule has 0 bridgehead atoms. The summed E-state index contributed by atoms with van der Waals surface area (Å²) in [5.74, 6) is -0.778. The highest BCUT2D eigenvalue weighted by atomic mass is 16.5. The molecule has 0 radical (unpaired) electrons. The number of amides is 3. The molecule has 3 amide bonds. The number of allylic oxidation sites excluding steroid dienone is 1. The van der Waals surface area contributed by atoms with Gasteiger partial charge in [0.15, 0.2) is 12.2 Å². The third kappa shape index (κ3) is 7.04. The first-order valence-corrected chi connectivity index (χ1v) is 10.9. The zero-order valence-corrected chi connectivity index (χ0v) is 20.0. The van der Waals surface area contributed by atoms with Crippen LogP contribution in [0.4, 0.5) is 11.4 Å². The van der Waals surface area contributed by atoms with Crippen molar-refractivity contribution in [2.45, 2.75) is 32.7 Å². The second-order valence-electron chi connectivity index (χ2n) is 8.44. The topological polar surface area (TPSA) is 123 Å². The van der Waals surface area contributed by atoms with Gasteiger partial charge in [0.2, 0.25) is 5.91 Å². The van der Waals surface area contributed by atoms with Crippen LogP contribution in [0.15, 0.2) is 71.6 Å². The van der Waals surface area contributed by atoms with Gasteiger partial charge in [0.25, 0.3) is 0 Å². The number of ether oxygens (including phenoxy) is 1. The quantitative estimate of drug-likeness (QED) is 0.334. The Kier molecular flexibility index (Phi) is 8.04. The standard InChI is InChI=1S/C26H28N4O5/c1-5-6-23(31)28-18-9-7-17(8-10-18)14-26(2,3)30-25(33)24(32)29-19-11-12-20(21(13-19)34-4)22-15-27-16-35-22/h5-13,15-16H,14H2,1-4H3,(H,28,31)(H,29,32)(H,30,33)/b6-5+. The summed E-state index contributed by atoms with van der Waals surface area (Å²) in [5, 5.41) is 8.11. The van der Waals surface area contributed by atoms with Crippen LogP contribution in [0.5, 0.6) is 5.75 Å². The molecular weight excluding hydrogens is 448 g/mol. The first-order chi connectivity index (χ1) is 16.7. The number of hydrogen-bond acceptors (Lipinski definition) is 6. The van der Waals surface area contributed by atoms with E-state index in [1.165, 1.54) is 19.6 Å². The minimum Gasteiger partial charge on any atom is -0.496 e. The van der Waals surface area contributed by atoms with Crippen LogP contribution in [0, 0.1) is 0 Å². The van der Waals surface area contributed by atoms with E-state index in [2.05, 4.69) is 20.9 Å². The minimum absolute atomic E-state index is 0.205. The number of nitrogens with one attached hydrogen (secondary N) is 3. The molecule has 0 unspecified atom stereocenters. The molecule has 0 saturated heterocycles. The van der Waals surface area contributed by atoms with Crippen molar-refractivity contribution < 1.29 is 23.5 Å². The van der Waals surface area contributed by atoms with E-state index in [0.29, 0.717) is 34.9 Å². The Bertz CT molecular complexity index is 1220. The van der Waals surface area contributed by atoms with E-state index in [4.69, 9.17) is 9.15 Å². The minimum atomic E-state index is -0.797. The number of carbonyl (C=O) groups excluding carboxylic acids is 3. The highest BCUT2D eigenvalue weighted by Crippen LogP contribution is 2.32. The number of methoxy groups -OCH3 is 1. The summed E-state index contributed by atoms with van der Waals surface area (Å²) in [4.78, 5) is 40.6. The fourth-order valence-electron chi connectivity index (χ4n) is 3.47. The number of oxazole rings is 1. The fraction of sp³-hybridized carbons (Fsp3) is 0.231. The summed E-state index contributed by atoms with van der Waals surface area (Å²) in [5.41, 5.74) is 1.98. The Morgan fingerprint density at radius 2 is 1.74 bits per heavy atom. The summed E-state index contributed by atoms with van der Waals surface area (Å²) in [6, 6.07) is 12.3. The lowest BCUT2D eigenvalue weighted by Crippen LogP contribution is -2.49. The van der Waals surface area contributed by atoms with Crippen LogP contribution >= 0.6 is 0 Å². The van der Waals surface area contributed by atoms with Crippen molar-refractivity contribution in [3.05, 3.63) is 72.8 Å². The van der Waals surface area contributed by atoms with Crippen molar-refractivity contribution in [2.75, 3.05) is 17.7 Å². The Morgan fingerprint density at radius 1 is 1.03 bits per heavy atom. The molecule has 1 aromatic heterocycles. The molecular formula is C26H28N4O5. The molecule has 0 spiro atoms. The lowest BCUT2D eigenvalue weighted by Gasteiger charge is -2.26. The molecule has 0 aliphatic heterocycles. The van der Waals surface area contributed by atoms with Gasteiger partial charge in [0.05, 0.1) is 18.9 Å². The number of aromatic nitrogens is 1. The van der Waals surface area contributed by atoms with Gasteiger partial charge in [0.1, 0.15) is 5.75 Å². The highest BCUT2D eigenvalue weighted by molar-refractivity contribution is 6.39. The molecule has 35 heavy (non-hydrogen) atoms. The maximum atomic E-state index is 12.6. The van der Waals surface area contributed by atoms with Gasteiger partial charge in [0, 0.05) is 23.0 Å². The maximum absolute atomic E-state index is 12.6. The number of benzene rings is 2. The van der Waals surface area contributed by atoms with Gasteiger partial charge in [-0.25, -0.2) is 4.98 Å². The highest BCUT2D eigenvalue weighted by Gasteiger charge is 2.25. The van der Waals surface area contributed by atoms with Crippen LogP contribution in [0.1, 0.15) is 26.3 Å². The maximum Gasteiger partial charge on any atom is 0.313 e. The molecule has 1 heterocycles. The Labute approximate surface area is 203 Å². The van der Waals surface area contributed by atoms with Crippen molar-refractivity contribution in [3.63, 3.8) is 0 Å². The average Bonchev–Trinajstić information content (AvgIpc) is 3.34. The van der Waals surface area contributed by atoms with Crippen LogP contribution in [0.2, 0.25) is 0 Å². The zero-order chi connectivity index (χ0) is 25.4. The van der Waals surface area contributed by atoms with Gasteiger partial charge >= 0.3 is 11.8 Å². The first kappa shape index (κ1) is 25.2. The first-order valence-electron chi connectivity index (χ1n) is 10.9. The molecule has 9 nitrogen and oxygen atoms in total. The van der Waals surface area contributed by atoms with Crippen LogP contribution < -0.4 is 20.7 Å². The number of rotatable bonds is 8. The second kappa shape index (κ2) is 11.1. The van der Waals surface area contributed by atoms with Crippen molar-refractivity contribution in [2.24, 2.45) is 0 Å². The Hall–Kier alpha value is -4.40. The van der Waals surface area contributed by atoms with E-state index in [0.717, 1.165) is 5.56 Å². The molecule has 2 aromatic carbocycles. The van der Waals surface area contributed by atoms with Crippen molar-refractivity contribution in [1.29, 1.82) is 0 Å². The van der Waals surface area contributed by atoms with Crippen molar-refractivity contribution >= 4 is 29.1 Å². The van der Waals surface area contributed by atoms with E-state index in [-0.39, 0.29) is 5.91 Å². The van der Waals surface area contributed by atoms with Crippen LogP contribution in [0.25, 0.3) is 11.3 Å². The molecule has 182 valence electrons. The SMILES string of the molecule is C/C=C/C(=O)Nc1ccc(CC(C)(C)NC(=O)C(=O)Nc2ccc(-c3cnco3)c(OC)c2)cc1. The molecule has 0 atom stereocenters. The van der Waals surface area contributed by atoms with Gasteiger partial charge in [-0.05, 0) is 63.1 Å². The van der Waals surface area contributed by atoms with E-state index >= 15 is 0 Å². The molecule has 0 fully saturated rings. The summed E-state index contributed by atoms with van der Waals surface area (Å²) >= 11 is 0.